The number of amides is 2. The van der Waals surface area contributed by atoms with Gasteiger partial charge in [-0.1, -0.05) is 13.3 Å². The number of carboxylic acid groups (broad SMARTS) is 1. The highest BCUT2D eigenvalue weighted by atomic mass is 32.2. The fourth-order valence-corrected chi connectivity index (χ4v) is 3.97. The molecule has 0 spiro atoms. The highest BCUT2D eigenvalue weighted by Gasteiger charge is 2.27. The molecule has 0 aromatic heterocycles. The van der Waals surface area contributed by atoms with Gasteiger partial charge in [0.15, 0.2) is 0 Å². The molecule has 1 aliphatic heterocycles. The lowest BCUT2D eigenvalue weighted by Gasteiger charge is -2.30. The van der Waals surface area contributed by atoms with E-state index in [1.54, 1.807) is 40.9 Å². The van der Waals surface area contributed by atoms with Gasteiger partial charge in [0, 0.05) is 36.5 Å². The molecule has 1 aromatic carbocycles. The second kappa shape index (κ2) is 11.0. The van der Waals surface area contributed by atoms with Crippen molar-refractivity contribution in [3.63, 3.8) is 0 Å². The minimum absolute atomic E-state index is 0.0196. The third-order valence-corrected chi connectivity index (χ3v) is 5.73. The van der Waals surface area contributed by atoms with Crippen molar-refractivity contribution in [1.82, 2.24) is 4.90 Å². The Morgan fingerprint density at radius 1 is 1.15 bits per heavy atom. The second-order valence-electron chi connectivity index (χ2n) is 6.75. The van der Waals surface area contributed by atoms with Gasteiger partial charge in [-0.3, -0.25) is 14.4 Å². The van der Waals surface area contributed by atoms with Gasteiger partial charge in [-0.25, -0.2) is 0 Å². The number of aliphatic carboxylic acids is 1. The van der Waals surface area contributed by atoms with E-state index < -0.39 is 5.97 Å². The molecule has 148 valence electrons. The van der Waals surface area contributed by atoms with Gasteiger partial charge in [-0.05, 0) is 49.3 Å². The molecule has 0 radical (unpaired) electrons. The van der Waals surface area contributed by atoms with Crippen molar-refractivity contribution in [3.05, 3.63) is 29.8 Å². The molecule has 2 rings (SSSR count). The Balaban J connectivity index is 1.78. The Labute approximate surface area is 164 Å². The number of nitrogens with zero attached hydrogens (tertiary/aromatic N) is 1. The zero-order valence-electron chi connectivity index (χ0n) is 15.8. The van der Waals surface area contributed by atoms with Crippen LogP contribution in [0.5, 0.6) is 0 Å². The van der Waals surface area contributed by atoms with E-state index in [-0.39, 0.29) is 17.7 Å². The van der Waals surface area contributed by atoms with Crippen molar-refractivity contribution in [3.8, 4) is 0 Å². The predicted octanol–water partition coefficient (Wildman–Crippen LogP) is 3.49. The number of likely N-dealkylation sites (tertiary alicyclic amines) is 1. The quantitative estimate of drug-likeness (QED) is 0.628. The average Bonchev–Trinajstić information content (AvgIpc) is 2.68. The number of piperidine rings is 1. The molecule has 1 saturated heterocycles. The highest BCUT2D eigenvalue weighted by molar-refractivity contribution is 7.99. The first-order valence-corrected chi connectivity index (χ1v) is 10.7. The molecule has 0 aliphatic carbocycles. The summed E-state index contributed by atoms with van der Waals surface area (Å²) >= 11 is 1.79. The lowest BCUT2D eigenvalue weighted by Crippen LogP contribution is -2.40. The number of carbonyl (C=O) groups excluding carboxylic acids is 2. The molecule has 1 heterocycles. The molecular weight excluding hydrogens is 364 g/mol. The molecule has 27 heavy (non-hydrogen) atoms. The van der Waals surface area contributed by atoms with Crippen LogP contribution >= 0.6 is 11.8 Å². The van der Waals surface area contributed by atoms with Gasteiger partial charge in [0.05, 0.1) is 5.92 Å². The summed E-state index contributed by atoms with van der Waals surface area (Å²) in [7, 11) is 0. The molecular formula is C20H28N2O4S. The largest absolute Gasteiger partial charge is 0.481 e. The standard InChI is InChI=1S/C20H28N2O4S/c1-2-3-13-27-14-10-18(23)21-17-6-4-15(5-7-17)19(24)22-11-8-16(9-12-22)20(25)26/h4-7,16H,2-3,8-14H2,1H3,(H,21,23)(H,25,26). The van der Waals surface area contributed by atoms with Gasteiger partial charge in [0.1, 0.15) is 0 Å². The Morgan fingerprint density at radius 2 is 1.81 bits per heavy atom. The second-order valence-corrected chi connectivity index (χ2v) is 7.97. The molecule has 2 amide bonds. The lowest BCUT2D eigenvalue weighted by molar-refractivity contribution is -0.143. The Morgan fingerprint density at radius 3 is 2.41 bits per heavy atom. The van der Waals surface area contributed by atoms with Gasteiger partial charge in [-0.15, -0.1) is 0 Å². The number of nitrogens with one attached hydrogen (secondary N) is 1. The molecule has 1 aromatic rings. The smallest absolute Gasteiger partial charge is 0.306 e. The number of hydrogen-bond acceptors (Lipinski definition) is 4. The minimum atomic E-state index is -0.786. The number of carbonyl (C=O) groups is 3. The predicted molar refractivity (Wildman–Crippen MR) is 108 cm³/mol. The minimum Gasteiger partial charge on any atom is -0.481 e. The van der Waals surface area contributed by atoms with Gasteiger partial charge >= 0.3 is 5.97 Å². The van der Waals surface area contributed by atoms with Crippen LogP contribution in [0.2, 0.25) is 0 Å². The number of unbranched alkanes of at least 4 members (excludes halogenated alkanes) is 1. The van der Waals surface area contributed by atoms with Crippen LogP contribution < -0.4 is 5.32 Å². The number of benzene rings is 1. The summed E-state index contributed by atoms with van der Waals surface area (Å²) in [5, 5.41) is 11.9. The van der Waals surface area contributed by atoms with Crippen molar-refractivity contribution < 1.29 is 19.5 Å². The maximum absolute atomic E-state index is 12.5. The van der Waals surface area contributed by atoms with Gasteiger partial charge < -0.3 is 15.3 Å². The van der Waals surface area contributed by atoms with Gasteiger partial charge in [-0.2, -0.15) is 11.8 Å². The number of thioether (sulfide) groups is 1. The van der Waals surface area contributed by atoms with Crippen molar-refractivity contribution in [2.45, 2.75) is 39.0 Å². The number of carboxylic acids is 1. The Hall–Kier alpha value is -2.02. The third kappa shape index (κ3) is 6.90. The summed E-state index contributed by atoms with van der Waals surface area (Å²) < 4.78 is 0. The third-order valence-electron chi connectivity index (χ3n) is 4.66. The summed E-state index contributed by atoms with van der Waals surface area (Å²) in [4.78, 5) is 37.2. The first kappa shape index (κ1) is 21.3. The topological polar surface area (TPSA) is 86.7 Å². The molecule has 0 unspecified atom stereocenters. The molecule has 7 heteroatoms. The van der Waals surface area contributed by atoms with Crippen LogP contribution in [-0.4, -0.2) is 52.4 Å². The summed E-state index contributed by atoms with van der Waals surface area (Å²) in [6, 6.07) is 6.88. The summed E-state index contributed by atoms with van der Waals surface area (Å²) in [5.41, 5.74) is 1.23. The SMILES string of the molecule is CCCCSCCC(=O)Nc1ccc(C(=O)N2CCC(C(=O)O)CC2)cc1. The van der Waals surface area contributed by atoms with E-state index in [9.17, 15) is 14.4 Å². The maximum atomic E-state index is 12.5. The molecule has 1 aliphatic rings. The first-order valence-electron chi connectivity index (χ1n) is 9.51. The van der Waals surface area contributed by atoms with Crippen LogP contribution in [0, 0.1) is 5.92 Å². The van der Waals surface area contributed by atoms with Gasteiger partial charge in [0.2, 0.25) is 5.91 Å². The molecule has 0 bridgehead atoms. The van der Waals surface area contributed by atoms with Crippen LogP contribution in [0.15, 0.2) is 24.3 Å². The molecule has 6 nitrogen and oxygen atoms in total. The van der Waals surface area contributed by atoms with Crippen LogP contribution in [0.4, 0.5) is 5.69 Å². The van der Waals surface area contributed by atoms with Crippen LogP contribution in [0.1, 0.15) is 49.4 Å². The number of hydrogen-bond donors (Lipinski definition) is 2. The molecule has 1 fully saturated rings. The summed E-state index contributed by atoms with van der Waals surface area (Å²) in [5.74, 6) is 0.648. The van der Waals surface area contributed by atoms with E-state index in [2.05, 4.69) is 12.2 Å². The van der Waals surface area contributed by atoms with Crippen LogP contribution in [0.3, 0.4) is 0 Å². The van der Waals surface area contributed by atoms with Crippen molar-refractivity contribution in [2.75, 3.05) is 29.9 Å². The Kier molecular flexibility index (Phi) is 8.64. The fraction of sp³-hybridized carbons (Fsp3) is 0.550. The van der Waals surface area contributed by atoms with Crippen molar-refractivity contribution in [2.24, 2.45) is 5.92 Å². The zero-order chi connectivity index (χ0) is 19.6. The van der Waals surface area contributed by atoms with E-state index in [4.69, 9.17) is 5.11 Å². The fourth-order valence-electron chi connectivity index (χ4n) is 2.95. The van der Waals surface area contributed by atoms with Crippen LogP contribution in [-0.2, 0) is 9.59 Å². The van der Waals surface area contributed by atoms with Gasteiger partial charge in [0.25, 0.3) is 5.91 Å². The summed E-state index contributed by atoms with van der Waals surface area (Å²) in [6.45, 7) is 3.08. The highest BCUT2D eigenvalue weighted by Crippen LogP contribution is 2.20. The van der Waals surface area contributed by atoms with Crippen molar-refractivity contribution >= 4 is 35.2 Å². The number of rotatable bonds is 9. The zero-order valence-corrected chi connectivity index (χ0v) is 16.6. The lowest BCUT2D eigenvalue weighted by atomic mass is 9.96. The monoisotopic (exact) mass is 392 g/mol. The summed E-state index contributed by atoms with van der Waals surface area (Å²) in [6.07, 6.45) is 3.81. The Bertz CT molecular complexity index is 640. The van der Waals surface area contributed by atoms with Crippen LogP contribution in [0.25, 0.3) is 0 Å². The van der Waals surface area contributed by atoms with E-state index in [0.29, 0.717) is 43.6 Å². The molecule has 0 saturated carbocycles. The molecule has 2 N–H and O–H groups in total. The van der Waals surface area contributed by atoms with E-state index >= 15 is 0 Å². The average molecular weight is 393 g/mol. The maximum Gasteiger partial charge on any atom is 0.306 e. The normalized spacial score (nSPS) is 14.8. The number of anilines is 1. The molecule has 0 atom stereocenters. The van der Waals surface area contributed by atoms with Crippen molar-refractivity contribution in [1.29, 1.82) is 0 Å². The first-order chi connectivity index (χ1) is 13.0. The van der Waals surface area contributed by atoms with E-state index in [0.717, 1.165) is 11.5 Å². The van der Waals surface area contributed by atoms with E-state index in [1.165, 1.54) is 12.8 Å². The van der Waals surface area contributed by atoms with E-state index in [1.807, 2.05) is 0 Å².